The quantitative estimate of drug-likeness (QED) is 0.682. The van der Waals surface area contributed by atoms with Crippen molar-refractivity contribution in [1.29, 1.82) is 0 Å². The van der Waals surface area contributed by atoms with E-state index in [1.54, 1.807) is 18.2 Å². The van der Waals surface area contributed by atoms with E-state index in [0.717, 1.165) is 12.1 Å². The van der Waals surface area contributed by atoms with E-state index in [2.05, 4.69) is 20.2 Å². The van der Waals surface area contributed by atoms with Gasteiger partial charge in [0.25, 0.3) is 10.0 Å². The van der Waals surface area contributed by atoms with E-state index >= 15 is 0 Å². The third kappa shape index (κ3) is 4.73. The van der Waals surface area contributed by atoms with Crippen LogP contribution in [0.15, 0.2) is 71.6 Å². The lowest BCUT2D eigenvalue weighted by atomic mass is 10.2. The number of halogens is 3. The first-order chi connectivity index (χ1) is 12.7. The van der Waals surface area contributed by atoms with Crippen molar-refractivity contribution in [2.75, 3.05) is 10.0 Å². The van der Waals surface area contributed by atoms with Gasteiger partial charge < -0.3 is 5.32 Å². The summed E-state index contributed by atoms with van der Waals surface area (Å²) >= 11 is 0. The summed E-state index contributed by atoms with van der Waals surface area (Å²) < 4.78 is 64.4. The molecule has 0 bridgehead atoms. The molecule has 0 unspecified atom stereocenters. The van der Waals surface area contributed by atoms with E-state index in [1.165, 1.54) is 36.4 Å². The zero-order valence-corrected chi connectivity index (χ0v) is 14.4. The Bertz CT molecular complexity index is 1010. The van der Waals surface area contributed by atoms with Gasteiger partial charge in [-0.05, 0) is 48.5 Å². The second kappa shape index (κ2) is 7.23. The highest BCUT2D eigenvalue weighted by molar-refractivity contribution is 7.92. The number of sulfonamides is 1. The maximum Gasteiger partial charge on any atom is 0.416 e. The fourth-order valence-electron chi connectivity index (χ4n) is 2.14. The first kappa shape index (κ1) is 18.6. The van der Waals surface area contributed by atoms with Crippen LogP contribution in [0.2, 0.25) is 0 Å². The topological polar surface area (TPSA) is 84.0 Å². The Hall–Kier alpha value is -3.14. The van der Waals surface area contributed by atoms with Gasteiger partial charge in [0.05, 0.1) is 10.5 Å². The fraction of sp³-hybridized carbons (Fsp3) is 0.0588. The van der Waals surface area contributed by atoms with Crippen molar-refractivity contribution >= 4 is 27.3 Å². The molecule has 0 radical (unpaired) electrons. The molecule has 0 aliphatic heterocycles. The Labute approximate surface area is 153 Å². The molecule has 0 fully saturated rings. The lowest BCUT2D eigenvalue weighted by Gasteiger charge is -2.10. The lowest BCUT2D eigenvalue weighted by Crippen LogP contribution is -2.14. The predicted molar refractivity (Wildman–Crippen MR) is 94.0 cm³/mol. The maximum atomic E-state index is 12.6. The summed E-state index contributed by atoms with van der Waals surface area (Å²) in [4.78, 5) is 0.0822. The van der Waals surface area contributed by atoms with Crippen LogP contribution in [0.4, 0.5) is 30.5 Å². The molecule has 3 rings (SSSR count). The molecule has 0 spiro atoms. The second-order valence-electron chi connectivity index (χ2n) is 5.42. The number of nitrogens with one attached hydrogen (secondary N) is 2. The molecule has 6 nitrogen and oxygen atoms in total. The fourth-order valence-corrected chi connectivity index (χ4v) is 3.16. The Morgan fingerprint density at radius 2 is 1.37 bits per heavy atom. The molecular formula is C17H13F3N4O2S. The molecule has 10 heteroatoms. The molecule has 0 saturated carbocycles. The van der Waals surface area contributed by atoms with Crippen LogP contribution in [0.3, 0.4) is 0 Å². The SMILES string of the molecule is O=S(=O)(Nc1ccc(Nc2ccc(C(F)(F)F)cc2)nn1)c1ccccc1. The van der Waals surface area contributed by atoms with Gasteiger partial charge in [-0.15, -0.1) is 10.2 Å². The van der Waals surface area contributed by atoms with Crippen molar-refractivity contribution in [2.45, 2.75) is 11.1 Å². The number of aromatic nitrogens is 2. The summed E-state index contributed by atoms with van der Waals surface area (Å²) in [5.41, 5.74) is -0.375. The van der Waals surface area contributed by atoms with E-state index in [4.69, 9.17) is 0 Å². The zero-order valence-electron chi connectivity index (χ0n) is 13.6. The van der Waals surface area contributed by atoms with Gasteiger partial charge in [0.2, 0.25) is 0 Å². The van der Waals surface area contributed by atoms with Crippen molar-refractivity contribution < 1.29 is 21.6 Å². The molecule has 1 aromatic heterocycles. The third-order valence-corrected chi connectivity index (χ3v) is 4.81. The van der Waals surface area contributed by atoms with Gasteiger partial charge in [-0.1, -0.05) is 18.2 Å². The molecule has 0 aliphatic rings. The largest absolute Gasteiger partial charge is 0.416 e. The average molecular weight is 394 g/mol. The van der Waals surface area contributed by atoms with Gasteiger partial charge in [0.1, 0.15) is 0 Å². The van der Waals surface area contributed by atoms with Crippen LogP contribution < -0.4 is 10.0 Å². The Morgan fingerprint density at radius 1 is 0.778 bits per heavy atom. The zero-order chi connectivity index (χ0) is 19.5. The minimum absolute atomic E-state index is 0.0109. The minimum Gasteiger partial charge on any atom is -0.339 e. The van der Waals surface area contributed by atoms with Crippen LogP contribution in [0.25, 0.3) is 0 Å². The predicted octanol–water partition coefficient (Wildman–Crippen LogP) is 4.04. The van der Waals surface area contributed by atoms with Crippen molar-refractivity contribution in [3.63, 3.8) is 0 Å². The summed E-state index contributed by atoms with van der Waals surface area (Å²) in [6.07, 6.45) is -4.41. The molecule has 0 saturated heterocycles. The van der Waals surface area contributed by atoms with Gasteiger partial charge in [-0.2, -0.15) is 13.2 Å². The molecule has 0 atom stereocenters. The average Bonchev–Trinajstić information content (AvgIpc) is 2.64. The number of benzene rings is 2. The Kier molecular flexibility index (Phi) is 5.00. The van der Waals surface area contributed by atoms with E-state index in [0.29, 0.717) is 5.69 Å². The van der Waals surface area contributed by atoms with Gasteiger partial charge >= 0.3 is 6.18 Å². The molecule has 0 amide bonds. The maximum absolute atomic E-state index is 12.6. The summed E-state index contributed by atoms with van der Waals surface area (Å²) in [5, 5.41) is 10.4. The number of rotatable bonds is 5. The van der Waals surface area contributed by atoms with Crippen molar-refractivity contribution in [1.82, 2.24) is 10.2 Å². The first-order valence-corrected chi connectivity index (χ1v) is 9.08. The molecule has 1 heterocycles. The highest BCUT2D eigenvalue weighted by Crippen LogP contribution is 2.30. The molecule has 27 heavy (non-hydrogen) atoms. The van der Waals surface area contributed by atoms with Crippen LogP contribution in [0.5, 0.6) is 0 Å². The molecule has 2 N–H and O–H groups in total. The highest BCUT2D eigenvalue weighted by atomic mass is 32.2. The first-order valence-electron chi connectivity index (χ1n) is 7.60. The van der Waals surface area contributed by atoms with Crippen LogP contribution in [-0.2, 0) is 16.2 Å². The molecule has 2 aromatic carbocycles. The van der Waals surface area contributed by atoms with Crippen LogP contribution >= 0.6 is 0 Å². The molecular weight excluding hydrogens is 381 g/mol. The van der Waals surface area contributed by atoms with Crippen molar-refractivity contribution in [3.05, 3.63) is 72.3 Å². The number of anilines is 3. The minimum atomic E-state index is -4.41. The number of hydrogen-bond donors (Lipinski definition) is 2. The standard InChI is InChI=1S/C17H13F3N4O2S/c18-17(19,20)12-6-8-13(9-7-12)21-15-10-11-16(23-22-15)24-27(25,26)14-4-2-1-3-5-14/h1-11H,(H,21,22)(H,23,24). The smallest absolute Gasteiger partial charge is 0.339 e. The van der Waals surface area contributed by atoms with Gasteiger partial charge in [-0.25, -0.2) is 8.42 Å². The van der Waals surface area contributed by atoms with Crippen LogP contribution in [0, 0.1) is 0 Å². The third-order valence-electron chi connectivity index (χ3n) is 3.44. The number of alkyl halides is 3. The van der Waals surface area contributed by atoms with Crippen molar-refractivity contribution in [2.24, 2.45) is 0 Å². The summed E-state index contributed by atoms with van der Waals surface area (Å²) in [6.45, 7) is 0. The van der Waals surface area contributed by atoms with E-state index in [-0.39, 0.29) is 16.5 Å². The van der Waals surface area contributed by atoms with E-state index in [1.807, 2.05) is 0 Å². The summed E-state index contributed by atoms with van der Waals surface area (Å²) in [7, 11) is -3.78. The molecule has 0 aliphatic carbocycles. The second-order valence-corrected chi connectivity index (χ2v) is 7.10. The van der Waals surface area contributed by atoms with Gasteiger partial charge in [0.15, 0.2) is 11.6 Å². The number of hydrogen-bond acceptors (Lipinski definition) is 5. The van der Waals surface area contributed by atoms with Gasteiger partial charge in [0, 0.05) is 5.69 Å². The highest BCUT2D eigenvalue weighted by Gasteiger charge is 2.29. The Balaban J connectivity index is 1.69. The summed E-state index contributed by atoms with van der Waals surface area (Å²) in [6, 6.07) is 15.0. The van der Waals surface area contributed by atoms with Crippen molar-refractivity contribution in [3.8, 4) is 0 Å². The van der Waals surface area contributed by atoms with E-state index < -0.39 is 21.8 Å². The number of nitrogens with zero attached hydrogens (tertiary/aromatic N) is 2. The monoisotopic (exact) mass is 394 g/mol. The summed E-state index contributed by atoms with van der Waals surface area (Å²) in [5.74, 6) is 0.259. The van der Waals surface area contributed by atoms with Gasteiger partial charge in [-0.3, -0.25) is 4.72 Å². The normalized spacial score (nSPS) is 11.8. The van der Waals surface area contributed by atoms with Crippen LogP contribution in [-0.4, -0.2) is 18.6 Å². The Morgan fingerprint density at radius 3 is 1.93 bits per heavy atom. The van der Waals surface area contributed by atoms with Crippen LogP contribution in [0.1, 0.15) is 5.56 Å². The molecule has 3 aromatic rings. The molecule has 140 valence electrons. The van der Waals surface area contributed by atoms with E-state index in [9.17, 15) is 21.6 Å². The lowest BCUT2D eigenvalue weighted by molar-refractivity contribution is -0.137.